The first-order valence-electron chi connectivity index (χ1n) is 4.56. The lowest BCUT2D eigenvalue weighted by Gasteiger charge is -2.16. The Morgan fingerprint density at radius 2 is 1.94 bits per heavy atom. The van der Waals surface area contributed by atoms with Gasteiger partial charge in [0.25, 0.3) is 5.91 Å². The van der Waals surface area contributed by atoms with Crippen molar-refractivity contribution in [2.45, 2.75) is 6.04 Å². The second-order valence-corrected chi connectivity index (χ2v) is 3.33. The Kier molecular flexibility index (Phi) is 2.43. The van der Waals surface area contributed by atoms with Crippen LogP contribution in [0.2, 0.25) is 0 Å². The molecule has 0 aliphatic carbocycles. The Bertz CT molecular complexity index is 564. The van der Waals surface area contributed by atoms with Crippen molar-refractivity contribution in [3.05, 3.63) is 34.9 Å². The standard InChI is InChI=1S/C10H6N2O5/c13-8-4-2-1-3-5(9(14)15)6(4)7(10(16)17)11-12-8/h1-3,7H,(H,14,15)(H,16,17). The number of rotatable bonds is 2. The molecular formula is C10H6N2O5. The summed E-state index contributed by atoms with van der Waals surface area (Å²) in [5.41, 5.74) is -0.401. The fourth-order valence-electron chi connectivity index (χ4n) is 1.63. The van der Waals surface area contributed by atoms with Crippen molar-refractivity contribution in [2.75, 3.05) is 0 Å². The lowest BCUT2D eigenvalue weighted by Crippen LogP contribution is -2.20. The molecule has 0 radical (unpaired) electrons. The number of carbonyl (C=O) groups excluding carboxylic acids is 1. The molecule has 86 valence electrons. The van der Waals surface area contributed by atoms with Gasteiger partial charge in [0.05, 0.1) is 11.1 Å². The molecule has 1 aromatic rings. The predicted molar refractivity (Wildman–Crippen MR) is 53.0 cm³/mol. The zero-order chi connectivity index (χ0) is 12.6. The fourth-order valence-corrected chi connectivity index (χ4v) is 1.63. The maximum Gasteiger partial charge on any atom is 0.336 e. The summed E-state index contributed by atoms with van der Waals surface area (Å²) in [6.45, 7) is 0. The number of carboxylic acid groups (broad SMARTS) is 2. The highest BCUT2D eigenvalue weighted by molar-refractivity contribution is 6.03. The number of aliphatic carboxylic acids is 1. The molecule has 0 aromatic heterocycles. The maximum atomic E-state index is 11.4. The predicted octanol–water partition coefficient (Wildman–Crippen LogP) is 1.12. The van der Waals surface area contributed by atoms with Gasteiger partial charge in [0.1, 0.15) is 0 Å². The molecule has 0 fully saturated rings. The number of nitrogens with zero attached hydrogens (tertiary/aromatic N) is 2. The molecule has 7 heteroatoms. The quantitative estimate of drug-likeness (QED) is 0.794. The van der Waals surface area contributed by atoms with Crippen molar-refractivity contribution < 1.29 is 24.6 Å². The molecular weight excluding hydrogens is 228 g/mol. The highest BCUT2D eigenvalue weighted by atomic mass is 16.4. The summed E-state index contributed by atoms with van der Waals surface area (Å²) < 4.78 is 0. The van der Waals surface area contributed by atoms with Gasteiger partial charge in [-0.25, -0.2) is 9.59 Å². The molecule has 0 spiro atoms. The van der Waals surface area contributed by atoms with Gasteiger partial charge in [-0.1, -0.05) is 6.07 Å². The first-order valence-corrected chi connectivity index (χ1v) is 4.56. The summed E-state index contributed by atoms with van der Waals surface area (Å²) >= 11 is 0. The van der Waals surface area contributed by atoms with Crippen molar-refractivity contribution in [1.29, 1.82) is 0 Å². The van der Waals surface area contributed by atoms with Crippen LogP contribution in [0.3, 0.4) is 0 Å². The lowest BCUT2D eigenvalue weighted by atomic mass is 9.93. The minimum Gasteiger partial charge on any atom is -0.479 e. The van der Waals surface area contributed by atoms with E-state index >= 15 is 0 Å². The van der Waals surface area contributed by atoms with E-state index < -0.39 is 23.9 Å². The molecule has 1 heterocycles. The topological polar surface area (TPSA) is 116 Å². The summed E-state index contributed by atoms with van der Waals surface area (Å²) in [5.74, 6) is -3.39. The highest BCUT2D eigenvalue weighted by Crippen LogP contribution is 2.30. The molecule has 1 amide bonds. The Hall–Kier alpha value is -2.57. The van der Waals surface area contributed by atoms with Gasteiger partial charge in [-0.05, 0) is 12.1 Å². The van der Waals surface area contributed by atoms with Gasteiger partial charge in [0.15, 0.2) is 6.04 Å². The van der Waals surface area contributed by atoms with Gasteiger partial charge in [0.2, 0.25) is 0 Å². The van der Waals surface area contributed by atoms with Crippen LogP contribution in [0.4, 0.5) is 0 Å². The number of hydrogen-bond donors (Lipinski definition) is 2. The number of benzene rings is 1. The molecule has 1 atom stereocenters. The smallest absolute Gasteiger partial charge is 0.336 e. The Morgan fingerprint density at radius 1 is 1.24 bits per heavy atom. The third kappa shape index (κ3) is 1.67. The van der Waals surface area contributed by atoms with Crippen LogP contribution in [-0.2, 0) is 4.79 Å². The lowest BCUT2D eigenvalue weighted by molar-refractivity contribution is -0.138. The average molecular weight is 234 g/mol. The van der Waals surface area contributed by atoms with Gasteiger partial charge in [-0.2, -0.15) is 5.11 Å². The minimum atomic E-state index is -1.45. The first-order chi connectivity index (χ1) is 8.02. The molecule has 2 N–H and O–H groups in total. The summed E-state index contributed by atoms with van der Waals surface area (Å²) in [4.78, 5) is 33.3. The Balaban J connectivity index is 2.73. The van der Waals surface area contributed by atoms with Crippen molar-refractivity contribution in [2.24, 2.45) is 10.2 Å². The number of amides is 1. The van der Waals surface area contributed by atoms with Crippen LogP contribution in [0.25, 0.3) is 0 Å². The van der Waals surface area contributed by atoms with Crippen molar-refractivity contribution in [3.8, 4) is 0 Å². The van der Waals surface area contributed by atoms with E-state index in [9.17, 15) is 14.4 Å². The number of hydrogen-bond acceptors (Lipinski definition) is 4. The first kappa shape index (κ1) is 10.9. The third-order valence-corrected chi connectivity index (χ3v) is 2.34. The van der Waals surface area contributed by atoms with Crippen LogP contribution >= 0.6 is 0 Å². The molecule has 1 unspecified atom stereocenters. The van der Waals surface area contributed by atoms with E-state index in [4.69, 9.17) is 10.2 Å². The molecule has 0 saturated heterocycles. The summed E-state index contributed by atoms with van der Waals surface area (Å²) in [6.07, 6.45) is 0. The van der Waals surface area contributed by atoms with Gasteiger partial charge in [0, 0.05) is 5.56 Å². The average Bonchev–Trinajstić information content (AvgIpc) is 2.28. The summed E-state index contributed by atoms with van der Waals surface area (Å²) in [7, 11) is 0. The fraction of sp³-hybridized carbons (Fsp3) is 0.100. The number of aromatic carboxylic acids is 1. The van der Waals surface area contributed by atoms with E-state index in [2.05, 4.69) is 10.2 Å². The number of fused-ring (bicyclic) bond motifs is 1. The molecule has 1 aromatic carbocycles. The van der Waals surface area contributed by atoms with Crippen LogP contribution < -0.4 is 0 Å². The van der Waals surface area contributed by atoms with Crippen molar-refractivity contribution in [1.82, 2.24) is 0 Å². The minimum absolute atomic E-state index is 0.0349. The van der Waals surface area contributed by atoms with Crippen LogP contribution in [0.15, 0.2) is 28.4 Å². The number of carbonyl (C=O) groups is 3. The normalized spacial score (nSPS) is 17.6. The van der Waals surface area contributed by atoms with Crippen LogP contribution in [0.1, 0.15) is 32.3 Å². The second kappa shape index (κ2) is 3.78. The Morgan fingerprint density at radius 3 is 2.53 bits per heavy atom. The zero-order valence-electron chi connectivity index (χ0n) is 8.32. The summed E-state index contributed by atoms with van der Waals surface area (Å²) in [5, 5.41) is 24.4. The molecule has 7 nitrogen and oxygen atoms in total. The van der Waals surface area contributed by atoms with Gasteiger partial charge in [-0.3, -0.25) is 4.79 Å². The van der Waals surface area contributed by atoms with Gasteiger partial charge < -0.3 is 10.2 Å². The van der Waals surface area contributed by atoms with Crippen LogP contribution in [0.5, 0.6) is 0 Å². The monoisotopic (exact) mass is 234 g/mol. The van der Waals surface area contributed by atoms with E-state index in [1.165, 1.54) is 18.2 Å². The zero-order valence-corrected chi connectivity index (χ0v) is 8.32. The largest absolute Gasteiger partial charge is 0.479 e. The molecule has 17 heavy (non-hydrogen) atoms. The maximum absolute atomic E-state index is 11.4. The van der Waals surface area contributed by atoms with E-state index in [0.717, 1.165) is 0 Å². The van der Waals surface area contributed by atoms with Gasteiger partial charge in [-0.15, -0.1) is 5.11 Å². The van der Waals surface area contributed by atoms with E-state index in [0.29, 0.717) is 0 Å². The molecule has 0 saturated carbocycles. The molecule has 0 bridgehead atoms. The number of azo groups is 1. The summed E-state index contributed by atoms with van der Waals surface area (Å²) in [6, 6.07) is 2.47. The highest BCUT2D eigenvalue weighted by Gasteiger charge is 2.33. The van der Waals surface area contributed by atoms with Crippen LogP contribution in [-0.4, -0.2) is 28.1 Å². The second-order valence-electron chi connectivity index (χ2n) is 3.33. The van der Waals surface area contributed by atoms with E-state index in [-0.39, 0.29) is 16.7 Å². The molecule has 2 rings (SSSR count). The van der Waals surface area contributed by atoms with Crippen molar-refractivity contribution >= 4 is 17.8 Å². The van der Waals surface area contributed by atoms with E-state index in [1.807, 2.05) is 0 Å². The van der Waals surface area contributed by atoms with Crippen molar-refractivity contribution in [3.63, 3.8) is 0 Å². The Labute approximate surface area is 94.4 Å². The van der Waals surface area contributed by atoms with E-state index in [1.54, 1.807) is 0 Å². The molecule has 1 aliphatic rings. The number of carboxylic acids is 2. The van der Waals surface area contributed by atoms with Crippen LogP contribution in [0, 0.1) is 0 Å². The molecule has 1 aliphatic heterocycles. The SMILES string of the molecule is O=C(O)c1cccc2c1C(C(=O)O)N=NC2=O. The van der Waals surface area contributed by atoms with Gasteiger partial charge >= 0.3 is 11.9 Å². The third-order valence-electron chi connectivity index (χ3n) is 2.34.